The number of nitrogens with one attached hydrogen (secondary N) is 1. The van der Waals surface area contributed by atoms with Crippen LogP contribution in [-0.2, 0) is 0 Å². The van der Waals surface area contributed by atoms with Gasteiger partial charge in [0.15, 0.2) is 0 Å². The van der Waals surface area contributed by atoms with Crippen LogP contribution in [0.2, 0.25) is 9.49 Å². The minimum absolute atomic E-state index is 0.0103. The number of carbonyl (C=O) groups excluding carboxylic acids is 1. The first-order valence-electron chi connectivity index (χ1n) is 5.34. The fraction of sp³-hybridized carbons (Fsp3) is 0.167. The predicted octanol–water partition coefficient (Wildman–Crippen LogP) is 4.08. The van der Waals surface area contributed by atoms with Crippen molar-refractivity contribution < 1.29 is 9.18 Å². The van der Waals surface area contributed by atoms with Gasteiger partial charge < -0.3 is 5.32 Å². The Morgan fingerprint density at radius 2 is 2.21 bits per heavy atom. The molecule has 0 saturated carbocycles. The molecular formula is C12H9Cl2FN2OS. The van der Waals surface area contributed by atoms with Crippen molar-refractivity contribution in [1.29, 1.82) is 0 Å². The van der Waals surface area contributed by atoms with Crippen molar-refractivity contribution in [2.75, 3.05) is 0 Å². The number of thiophene rings is 1. The lowest BCUT2D eigenvalue weighted by Gasteiger charge is -2.12. The van der Waals surface area contributed by atoms with Gasteiger partial charge in [-0.05, 0) is 25.1 Å². The van der Waals surface area contributed by atoms with Crippen molar-refractivity contribution in [2.45, 2.75) is 13.0 Å². The number of pyridine rings is 1. The van der Waals surface area contributed by atoms with E-state index in [-0.39, 0.29) is 16.8 Å². The van der Waals surface area contributed by atoms with E-state index in [0.717, 1.165) is 17.1 Å². The van der Waals surface area contributed by atoms with E-state index in [1.165, 1.54) is 11.3 Å². The number of hydrogen-bond donors (Lipinski definition) is 1. The number of aromatic nitrogens is 1. The third-order valence-electron chi connectivity index (χ3n) is 2.42. The molecule has 2 heterocycles. The van der Waals surface area contributed by atoms with Crippen LogP contribution in [0.15, 0.2) is 24.4 Å². The van der Waals surface area contributed by atoms with Gasteiger partial charge >= 0.3 is 0 Å². The highest BCUT2D eigenvalue weighted by Gasteiger charge is 2.16. The molecule has 0 aliphatic carbocycles. The Balaban J connectivity index is 2.15. The lowest BCUT2D eigenvalue weighted by atomic mass is 10.2. The van der Waals surface area contributed by atoms with Crippen LogP contribution >= 0.6 is 34.5 Å². The first kappa shape index (κ1) is 14.2. The fourth-order valence-corrected chi connectivity index (χ4v) is 2.74. The Labute approximate surface area is 123 Å². The maximum Gasteiger partial charge on any atom is 0.255 e. The maximum atomic E-state index is 13.1. The molecule has 7 heteroatoms. The molecule has 0 radical (unpaired) electrons. The van der Waals surface area contributed by atoms with Gasteiger partial charge in [-0.15, -0.1) is 11.3 Å². The van der Waals surface area contributed by atoms with E-state index in [4.69, 9.17) is 23.2 Å². The average molecular weight is 319 g/mol. The molecular weight excluding hydrogens is 310 g/mol. The minimum atomic E-state index is -0.610. The second-order valence-corrected chi connectivity index (χ2v) is 5.93. The van der Waals surface area contributed by atoms with Crippen molar-refractivity contribution in [3.05, 3.63) is 50.1 Å². The molecule has 0 saturated heterocycles. The summed E-state index contributed by atoms with van der Waals surface area (Å²) in [5.74, 6) is -1.09. The zero-order chi connectivity index (χ0) is 14.0. The van der Waals surface area contributed by atoms with Crippen LogP contribution < -0.4 is 5.32 Å². The molecule has 0 spiro atoms. The van der Waals surface area contributed by atoms with Gasteiger partial charge in [0.1, 0.15) is 11.0 Å². The summed E-state index contributed by atoms with van der Waals surface area (Å²) < 4.78 is 13.7. The van der Waals surface area contributed by atoms with Crippen molar-refractivity contribution in [3.63, 3.8) is 0 Å². The van der Waals surface area contributed by atoms with Gasteiger partial charge in [-0.3, -0.25) is 4.79 Å². The number of halogens is 3. The van der Waals surface area contributed by atoms with Crippen molar-refractivity contribution >= 4 is 40.4 Å². The highest BCUT2D eigenvalue weighted by Crippen LogP contribution is 2.27. The van der Waals surface area contributed by atoms with Crippen LogP contribution in [0.4, 0.5) is 4.39 Å². The van der Waals surface area contributed by atoms with Crippen LogP contribution in [0.25, 0.3) is 0 Å². The average Bonchev–Trinajstić information content (AvgIpc) is 2.79. The number of amides is 1. The van der Waals surface area contributed by atoms with Gasteiger partial charge in [0.2, 0.25) is 0 Å². The van der Waals surface area contributed by atoms with Crippen LogP contribution in [0.3, 0.4) is 0 Å². The summed E-state index contributed by atoms with van der Waals surface area (Å²) in [6, 6.07) is 4.38. The first-order valence-corrected chi connectivity index (χ1v) is 6.91. The smallest absolute Gasteiger partial charge is 0.255 e. The SMILES string of the molecule is CC(NC(=O)c1cc(F)cnc1Cl)c1ccc(Cl)s1. The van der Waals surface area contributed by atoms with E-state index in [0.29, 0.717) is 4.34 Å². The van der Waals surface area contributed by atoms with Gasteiger partial charge in [-0.1, -0.05) is 23.2 Å². The second-order valence-electron chi connectivity index (χ2n) is 3.83. The zero-order valence-corrected chi connectivity index (χ0v) is 12.1. The Morgan fingerprint density at radius 3 is 2.84 bits per heavy atom. The summed E-state index contributed by atoms with van der Waals surface area (Å²) in [4.78, 5) is 16.5. The summed E-state index contributed by atoms with van der Waals surface area (Å²) in [7, 11) is 0. The van der Waals surface area contributed by atoms with E-state index in [2.05, 4.69) is 10.3 Å². The predicted molar refractivity (Wildman–Crippen MR) is 74.4 cm³/mol. The van der Waals surface area contributed by atoms with E-state index in [1.807, 2.05) is 6.07 Å². The molecule has 1 amide bonds. The van der Waals surface area contributed by atoms with Gasteiger partial charge in [-0.2, -0.15) is 0 Å². The topological polar surface area (TPSA) is 42.0 Å². The molecule has 0 aliphatic rings. The summed E-state index contributed by atoms with van der Waals surface area (Å²) in [5, 5.41) is 2.68. The van der Waals surface area contributed by atoms with Crippen LogP contribution in [0, 0.1) is 5.82 Å². The van der Waals surface area contributed by atoms with Crippen molar-refractivity contribution in [2.24, 2.45) is 0 Å². The Kier molecular flexibility index (Phi) is 4.39. The summed E-state index contributed by atoms with van der Waals surface area (Å²) >= 11 is 13.0. The van der Waals surface area contributed by atoms with E-state index in [1.54, 1.807) is 13.0 Å². The Hall–Kier alpha value is -1.17. The molecule has 19 heavy (non-hydrogen) atoms. The standard InChI is InChI=1S/C12H9Cl2FN2OS/c1-6(9-2-3-10(13)19-9)17-12(18)8-4-7(15)5-16-11(8)14/h2-6H,1H3,(H,17,18). The zero-order valence-electron chi connectivity index (χ0n) is 9.78. The lowest BCUT2D eigenvalue weighted by Crippen LogP contribution is -2.26. The molecule has 100 valence electrons. The van der Waals surface area contributed by atoms with Gasteiger partial charge in [0, 0.05) is 4.88 Å². The van der Waals surface area contributed by atoms with Gasteiger partial charge in [0.05, 0.1) is 22.1 Å². The maximum absolute atomic E-state index is 13.1. The van der Waals surface area contributed by atoms with E-state index < -0.39 is 11.7 Å². The highest BCUT2D eigenvalue weighted by molar-refractivity contribution is 7.16. The molecule has 1 atom stereocenters. The Morgan fingerprint density at radius 1 is 1.47 bits per heavy atom. The number of nitrogens with zero attached hydrogens (tertiary/aromatic N) is 1. The largest absolute Gasteiger partial charge is 0.345 e. The van der Waals surface area contributed by atoms with Gasteiger partial charge in [-0.25, -0.2) is 9.37 Å². The third-order valence-corrected chi connectivity index (χ3v) is 4.13. The van der Waals surface area contributed by atoms with Crippen molar-refractivity contribution in [1.82, 2.24) is 10.3 Å². The molecule has 2 aromatic rings. The monoisotopic (exact) mass is 318 g/mol. The van der Waals surface area contributed by atoms with E-state index >= 15 is 0 Å². The molecule has 2 aromatic heterocycles. The normalized spacial score (nSPS) is 12.2. The summed E-state index contributed by atoms with van der Waals surface area (Å²) in [6.45, 7) is 1.81. The second kappa shape index (κ2) is 5.86. The van der Waals surface area contributed by atoms with Crippen LogP contribution in [0.5, 0.6) is 0 Å². The molecule has 0 bridgehead atoms. The number of hydrogen-bond acceptors (Lipinski definition) is 3. The molecule has 2 rings (SSSR count). The van der Waals surface area contributed by atoms with Crippen LogP contribution in [-0.4, -0.2) is 10.9 Å². The molecule has 3 nitrogen and oxygen atoms in total. The quantitative estimate of drug-likeness (QED) is 0.866. The molecule has 1 unspecified atom stereocenters. The molecule has 1 N–H and O–H groups in total. The van der Waals surface area contributed by atoms with Gasteiger partial charge in [0.25, 0.3) is 5.91 Å². The third kappa shape index (κ3) is 3.43. The molecule has 0 aromatic carbocycles. The lowest BCUT2D eigenvalue weighted by molar-refractivity contribution is 0.0940. The van der Waals surface area contributed by atoms with Crippen molar-refractivity contribution in [3.8, 4) is 0 Å². The fourth-order valence-electron chi connectivity index (χ4n) is 1.49. The minimum Gasteiger partial charge on any atom is -0.345 e. The molecule has 0 fully saturated rings. The van der Waals surface area contributed by atoms with E-state index in [9.17, 15) is 9.18 Å². The number of rotatable bonds is 3. The first-order chi connectivity index (χ1) is 8.97. The molecule has 0 aliphatic heterocycles. The number of carbonyl (C=O) groups is 1. The summed E-state index contributed by atoms with van der Waals surface area (Å²) in [5.41, 5.74) is 0.0103. The Bertz CT molecular complexity index is 618. The highest BCUT2D eigenvalue weighted by atomic mass is 35.5. The summed E-state index contributed by atoms with van der Waals surface area (Å²) in [6.07, 6.45) is 0.960. The van der Waals surface area contributed by atoms with Crippen LogP contribution in [0.1, 0.15) is 28.2 Å².